The van der Waals surface area contributed by atoms with Crippen LogP contribution in [-0.2, 0) is 19.7 Å². The van der Waals surface area contributed by atoms with Crippen LogP contribution in [0.2, 0.25) is 5.02 Å². The summed E-state index contributed by atoms with van der Waals surface area (Å²) >= 11 is 5.94. The van der Waals surface area contributed by atoms with Gasteiger partial charge in [0.1, 0.15) is 6.61 Å². The van der Waals surface area contributed by atoms with Crippen LogP contribution in [0.4, 0.5) is 0 Å². The Hall–Kier alpha value is -2.27. The first kappa shape index (κ1) is 21.0. The molecule has 4 nitrogen and oxygen atoms in total. The van der Waals surface area contributed by atoms with Gasteiger partial charge in [-0.25, -0.2) is 0 Å². The standard InChI is InChI=1S/C21H21ClN2O2.ClH/c1-25-20-4-2-3-18(14-24-13-16-9-11-23-12-10-16)21(20)26-15-17-5-7-19(22)8-6-17;/h2-12,24H,13-15H2,1H3;1H. The molecule has 1 aromatic heterocycles. The van der Waals surface area contributed by atoms with Crippen molar-refractivity contribution in [3.63, 3.8) is 0 Å². The summed E-state index contributed by atoms with van der Waals surface area (Å²) < 4.78 is 11.5. The monoisotopic (exact) mass is 404 g/mol. The lowest BCUT2D eigenvalue weighted by atomic mass is 10.1. The number of rotatable bonds is 8. The third-order valence-corrected chi connectivity index (χ3v) is 4.22. The highest BCUT2D eigenvalue weighted by molar-refractivity contribution is 6.30. The molecular weight excluding hydrogens is 383 g/mol. The van der Waals surface area contributed by atoms with Gasteiger partial charge in [-0.3, -0.25) is 4.98 Å². The van der Waals surface area contributed by atoms with E-state index in [-0.39, 0.29) is 12.4 Å². The number of aromatic nitrogens is 1. The Labute approximate surface area is 170 Å². The van der Waals surface area contributed by atoms with Gasteiger partial charge in [-0.15, -0.1) is 12.4 Å². The Kier molecular flexibility index (Phi) is 8.40. The van der Waals surface area contributed by atoms with E-state index < -0.39 is 0 Å². The van der Waals surface area contributed by atoms with E-state index >= 15 is 0 Å². The molecule has 0 fully saturated rings. The molecular formula is C21H22Cl2N2O2. The lowest BCUT2D eigenvalue weighted by Crippen LogP contribution is -2.14. The molecule has 6 heteroatoms. The molecule has 0 bridgehead atoms. The predicted molar refractivity (Wildman–Crippen MR) is 111 cm³/mol. The molecule has 142 valence electrons. The summed E-state index contributed by atoms with van der Waals surface area (Å²) in [5.74, 6) is 1.48. The maximum Gasteiger partial charge on any atom is 0.166 e. The zero-order valence-corrected chi connectivity index (χ0v) is 16.6. The zero-order valence-electron chi connectivity index (χ0n) is 15.0. The third-order valence-electron chi connectivity index (χ3n) is 3.97. The molecule has 3 rings (SSSR count). The first-order valence-electron chi connectivity index (χ1n) is 8.39. The van der Waals surface area contributed by atoms with Crippen molar-refractivity contribution in [2.24, 2.45) is 0 Å². The molecule has 0 saturated heterocycles. The molecule has 0 saturated carbocycles. The Morgan fingerprint density at radius 1 is 0.926 bits per heavy atom. The molecule has 0 atom stereocenters. The number of ether oxygens (including phenoxy) is 2. The van der Waals surface area contributed by atoms with Gasteiger partial charge in [-0.05, 0) is 41.5 Å². The van der Waals surface area contributed by atoms with Crippen LogP contribution in [0.1, 0.15) is 16.7 Å². The number of halogens is 2. The van der Waals surface area contributed by atoms with E-state index in [1.165, 1.54) is 5.56 Å². The fourth-order valence-corrected chi connectivity index (χ4v) is 2.73. The minimum absolute atomic E-state index is 0. The molecule has 1 heterocycles. The van der Waals surface area contributed by atoms with Gasteiger partial charge in [0.25, 0.3) is 0 Å². The Morgan fingerprint density at radius 2 is 1.67 bits per heavy atom. The fourth-order valence-electron chi connectivity index (χ4n) is 2.60. The number of benzene rings is 2. The average molecular weight is 405 g/mol. The number of hydrogen-bond acceptors (Lipinski definition) is 4. The molecule has 0 spiro atoms. The zero-order chi connectivity index (χ0) is 18.2. The van der Waals surface area contributed by atoms with Crippen molar-refractivity contribution >= 4 is 24.0 Å². The number of nitrogens with one attached hydrogen (secondary N) is 1. The van der Waals surface area contributed by atoms with Crippen LogP contribution in [-0.4, -0.2) is 12.1 Å². The molecule has 3 aromatic rings. The van der Waals surface area contributed by atoms with E-state index in [2.05, 4.69) is 10.3 Å². The lowest BCUT2D eigenvalue weighted by Gasteiger charge is -2.16. The summed E-state index contributed by atoms with van der Waals surface area (Å²) in [6.07, 6.45) is 3.59. The van der Waals surface area contributed by atoms with Gasteiger partial charge in [0.05, 0.1) is 7.11 Å². The predicted octanol–water partition coefficient (Wildman–Crippen LogP) is 5.03. The topological polar surface area (TPSA) is 43.4 Å². The summed E-state index contributed by atoms with van der Waals surface area (Å²) in [6, 6.07) is 17.5. The van der Waals surface area contributed by atoms with E-state index in [9.17, 15) is 0 Å². The van der Waals surface area contributed by atoms with E-state index in [4.69, 9.17) is 21.1 Å². The Bertz CT molecular complexity index is 827. The SMILES string of the molecule is COc1cccc(CNCc2ccncc2)c1OCc1ccc(Cl)cc1.Cl. The molecule has 0 unspecified atom stereocenters. The molecule has 0 radical (unpaired) electrons. The van der Waals surface area contributed by atoms with Crippen molar-refractivity contribution in [1.82, 2.24) is 10.3 Å². The largest absolute Gasteiger partial charge is 0.493 e. The van der Waals surface area contributed by atoms with Crippen LogP contribution >= 0.6 is 24.0 Å². The Morgan fingerprint density at radius 3 is 2.37 bits per heavy atom. The first-order valence-corrected chi connectivity index (χ1v) is 8.77. The van der Waals surface area contributed by atoms with Gasteiger partial charge in [0, 0.05) is 36.1 Å². The van der Waals surface area contributed by atoms with Gasteiger partial charge in [-0.1, -0.05) is 35.9 Å². The van der Waals surface area contributed by atoms with Gasteiger partial charge in [-0.2, -0.15) is 0 Å². The van der Waals surface area contributed by atoms with E-state index in [1.807, 2.05) is 54.6 Å². The summed E-state index contributed by atoms with van der Waals surface area (Å²) in [4.78, 5) is 4.03. The number of pyridine rings is 1. The van der Waals surface area contributed by atoms with Crippen LogP contribution in [0, 0.1) is 0 Å². The van der Waals surface area contributed by atoms with Gasteiger partial charge in [0.2, 0.25) is 0 Å². The van der Waals surface area contributed by atoms with Crippen LogP contribution in [0.25, 0.3) is 0 Å². The maximum atomic E-state index is 6.07. The molecule has 0 aliphatic carbocycles. The highest BCUT2D eigenvalue weighted by Crippen LogP contribution is 2.32. The van der Waals surface area contributed by atoms with E-state index in [0.29, 0.717) is 18.2 Å². The van der Waals surface area contributed by atoms with Crippen LogP contribution in [0.5, 0.6) is 11.5 Å². The van der Waals surface area contributed by atoms with Gasteiger partial charge in [0.15, 0.2) is 11.5 Å². The number of para-hydroxylation sites is 1. The van der Waals surface area contributed by atoms with Crippen molar-refractivity contribution in [3.05, 3.63) is 88.7 Å². The highest BCUT2D eigenvalue weighted by atomic mass is 35.5. The molecule has 0 aliphatic rings. The van der Waals surface area contributed by atoms with Crippen LogP contribution in [0.3, 0.4) is 0 Å². The third kappa shape index (κ3) is 6.14. The molecule has 2 aromatic carbocycles. The Balaban J connectivity index is 0.00000261. The normalized spacial score (nSPS) is 10.1. The summed E-state index contributed by atoms with van der Waals surface area (Å²) in [7, 11) is 1.65. The van der Waals surface area contributed by atoms with Crippen molar-refractivity contribution in [2.75, 3.05) is 7.11 Å². The minimum Gasteiger partial charge on any atom is -0.493 e. The smallest absolute Gasteiger partial charge is 0.166 e. The summed E-state index contributed by atoms with van der Waals surface area (Å²) in [5.41, 5.74) is 3.29. The molecule has 0 amide bonds. The number of methoxy groups -OCH3 is 1. The second kappa shape index (κ2) is 10.8. The second-order valence-corrected chi connectivity index (χ2v) is 6.26. The summed E-state index contributed by atoms with van der Waals surface area (Å²) in [5, 5.41) is 4.15. The van der Waals surface area contributed by atoms with Gasteiger partial charge >= 0.3 is 0 Å². The van der Waals surface area contributed by atoms with Crippen LogP contribution < -0.4 is 14.8 Å². The summed E-state index contributed by atoms with van der Waals surface area (Å²) in [6.45, 7) is 1.89. The number of hydrogen-bond donors (Lipinski definition) is 1. The quantitative estimate of drug-likeness (QED) is 0.571. The molecule has 1 N–H and O–H groups in total. The lowest BCUT2D eigenvalue weighted by molar-refractivity contribution is 0.280. The second-order valence-electron chi connectivity index (χ2n) is 5.82. The first-order chi connectivity index (χ1) is 12.8. The maximum absolute atomic E-state index is 6.07. The van der Waals surface area contributed by atoms with Crippen molar-refractivity contribution < 1.29 is 9.47 Å². The molecule has 0 aliphatic heterocycles. The minimum atomic E-state index is 0. The van der Waals surface area contributed by atoms with Crippen molar-refractivity contribution in [1.29, 1.82) is 0 Å². The van der Waals surface area contributed by atoms with E-state index in [1.54, 1.807) is 19.5 Å². The average Bonchev–Trinajstić information content (AvgIpc) is 2.69. The molecule has 27 heavy (non-hydrogen) atoms. The highest BCUT2D eigenvalue weighted by Gasteiger charge is 2.11. The van der Waals surface area contributed by atoms with E-state index in [0.717, 1.165) is 29.2 Å². The van der Waals surface area contributed by atoms with Crippen molar-refractivity contribution in [2.45, 2.75) is 19.7 Å². The van der Waals surface area contributed by atoms with Crippen LogP contribution in [0.15, 0.2) is 67.0 Å². The number of nitrogens with zero attached hydrogens (tertiary/aromatic N) is 1. The van der Waals surface area contributed by atoms with Gasteiger partial charge < -0.3 is 14.8 Å². The fraction of sp³-hybridized carbons (Fsp3) is 0.190. The van der Waals surface area contributed by atoms with Crippen molar-refractivity contribution in [3.8, 4) is 11.5 Å².